The number of amides is 1. The highest BCUT2D eigenvalue weighted by Crippen LogP contribution is 2.35. The van der Waals surface area contributed by atoms with Crippen molar-refractivity contribution >= 4 is 34.3 Å². The van der Waals surface area contributed by atoms with Crippen LogP contribution in [0.2, 0.25) is 0 Å². The van der Waals surface area contributed by atoms with Gasteiger partial charge in [-0.05, 0) is 25.1 Å². The van der Waals surface area contributed by atoms with Crippen LogP contribution in [0.25, 0.3) is 22.3 Å². The number of anilines is 1. The fourth-order valence-corrected chi connectivity index (χ4v) is 4.23. The van der Waals surface area contributed by atoms with Crippen LogP contribution < -0.4 is 5.32 Å². The molecule has 0 spiro atoms. The minimum absolute atomic E-state index is 0.102. The maximum atomic E-state index is 13.1. The van der Waals surface area contributed by atoms with E-state index in [1.54, 1.807) is 11.6 Å². The van der Waals surface area contributed by atoms with Gasteiger partial charge in [-0.2, -0.15) is 13.2 Å². The highest BCUT2D eigenvalue weighted by Gasteiger charge is 2.33. The van der Waals surface area contributed by atoms with Gasteiger partial charge in [0.1, 0.15) is 0 Å². The van der Waals surface area contributed by atoms with Gasteiger partial charge in [0.2, 0.25) is 5.91 Å². The van der Waals surface area contributed by atoms with Crippen LogP contribution >= 0.6 is 11.8 Å². The molecular formula is C22H20F3N5OS. The topological polar surface area (TPSA) is 64.7 Å². The molecule has 0 radical (unpaired) electrons. The van der Waals surface area contributed by atoms with Crippen molar-refractivity contribution in [2.45, 2.75) is 24.8 Å². The Labute approximate surface area is 186 Å². The summed E-state index contributed by atoms with van der Waals surface area (Å²) in [4.78, 5) is 12.3. The third-order valence-corrected chi connectivity index (χ3v) is 6.06. The Bertz CT molecular complexity index is 1280. The van der Waals surface area contributed by atoms with E-state index in [0.717, 1.165) is 40.8 Å². The molecule has 0 saturated heterocycles. The van der Waals surface area contributed by atoms with E-state index in [4.69, 9.17) is 0 Å². The number of nitrogens with zero attached hydrogens (tertiary/aromatic N) is 4. The number of alkyl halides is 3. The SMILES string of the molecule is CCn1cc(-c2nnc(SCC(=O)Nc3ccccc3C(F)(F)F)n2C)c2ccccc21. The lowest BCUT2D eigenvalue weighted by Crippen LogP contribution is -2.18. The van der Waals surface area contributed by atoms with E-state index in [1.807, 2.05) is 30.5 Å². The number of thioether (sulfide) groups is 1. The number of carbonyl (C=O) groups excluding carboxylic acids is 1. The average Bonchev–Trinajstić information content (AvgIpc) is 3.32. The van der Waals surface area contributed by atoms with Crippen molar-refractivity contribution in [3.05, 3.63) is 60.3 Å². The molecule has 1 N–H and O–H groups in total. The van der Waals surface area contributed by atoms with E-state index in [1.165, 1.54) is 18.2 Å². The molecule has 4 rings (SSSR count). The lowest BCUT2D eigenvalue weighted by molar-refractivity contribution is -0.137. The first kappa shape index (κ1) is 21.9. The van der Waals surface area contributed by atoms with Gasteiger partial charge in [0, 0.05) is 36.3 Å². The Morgan fingerprint density at radius 2 is 1.81 bits per heavy atom. The first-order chi connectivity index (χ1) is 15.3. The fourth-order valence-electron chi connectivity index (χ4n) is 3.52. The monoisotopic (exact) mass is 459 g/mol. The van der Waals surface area contributed by atoms with Crippen LogP contribution in [0.4, 0.5) is 18.9 Å². The second-order valence-corrected chi connectivity index (χ2v) is 8.03. The second kappa shape index (κ2) is 8.70. The Morgan fingerprint density at radius 3 is 2.56 bits per heavy atom. The van der Waals surface area contributed by atoms with Gasteiger partial charge in [0.25, 0.3) is 0 Å². The molecule has 0 bridgehead atoms. The predicted molar refractivity (Wildman–Crippen MR) is 118 cm³/mol. The number of nitrogens with one attached hydrogen (secondary N) is 1. The number of aryl methyl sites for hydroxylation is 1. The second-order valence-electron chi connectivity index (χ2n) is 7.09. The number of benzene rings is 2. The van der Waals surface area contributed by atoms with E-state index in [2.05, 4.69) is 27.0 Å². The first-order valence-corrected chi connectivity index (χ1v) is 10.8. The summed E-state index contributed by atoms with van der Waals surface area (Å²) in [5, 5.41) is 12.3. The number of hydrogen-bond donors (Lipinski definition) is 1. The van der Waals surface area contributed by atoms with Crippen molar-refractivity contribution in [1.29, 1.82) is 0 Å². The quantitative estimate of drug-likeness (QED) is 0.402. The minimum Gasteiger partial charge on any atom is -0.347 e. The van der Waals surface area contributed by atoms with Crippen LogP contribution in [0.5, 0.6) is 0 Å². The van der Waals surface area contributed by atoms with Gasteiger partial charge < -0.3 is 14.5 Å². The highest BCUT2D eigenvalue weighted by molar-refractivity contribution is 7.99. The van der Waals surface area contributed by atoms with Crippen molar-refractivity contribution in [3.8, 4) is 11.4 Å². The molecule has 2 heterocycles. The van der Waals surface area contributed by atoms with E-state index in [0.29, 0.717) is 11.0 Å². The molecule has 0 atom stereocenters. The van der Waals surface area contributed by atoms with Crippen LogP contribution in [0, 0.1) is 0 Å². The molecule has 166 valence electrons. The van der Waals surface area contributed by atoms with E-state index in [-0.39, 0.29) is 11.4 Å². The largest absolute Gasteiger partial charge is 0.418 e. The molecule has 10 heteroatoms. The third-order valence-electron chi connectivity index (χ3n) is 5.04. The lowest BCUT2D eigenvalue weighted by atomic mass is 10.1. The summed E-state index contributed by atoms with van der Waals surface area (Å²) in [6, 6.07) is 12.9. The Balaban J connectivity index is 1.51. The van der Waals surface area contributed by atoms with Crippen molar-refractivity contribution in [3.63, 3.8) is 0 Å². The molecule has 0 aliphatic carbocycles. The van der Waals surface area contributed by atoms with Gasteiger partial charge in [0.15, 0.2) is 11.0 Å². The van der Waals surface area contributed by atoms with Crippen LogP contribution in [-0.4, -0.2) is 31.0 Å². The molecule has 0 unspecified atom stereocenters. The van der Waals surface area contributed by atoms with Crippen LogP contribution in [0.3, 0.4) is 0 Å². The summed E-state index contributed by atoms with van der Waals surface area (Å²) < 4.78 is 43.3. The summed E-state index contributed by atoms with van der Waals surface area (Å²) in [7, 11) is 1.80. The Kier molecular flexibility index (Phi) is 5.96. The van der Waals surface area contributed by atoms with Crippen LogP contribution in [-0.2, 0) is 24.6 Å². The molecule has 4 aromatic rings. The van der Waals surface area contributed by atoms with Crippen LogP contribution in [0.1, 0.15) is 12.5 Å². The summed E-state index contributed by atoms with van der Waals surface area (Å²) in [6.07, 6.45) is -2.53. The molecule has 6 nitrogen and oxygen atoms in total. The zero-order chi connectivity index (χ0) is 22.9. The average molecular weight is 459 g/mol. The van der Waals surface area contributed by atoms with Gasteiger partial charge in [-0.1, -0.05) is 42.1 Å². The maximum Gasteiger partial charge on any atom is 0.418 e. The van der Waals surface area contributed by atoms with Crippen molar-refractivity contribution in [2.24, 2.45) is 7.05 Å². The normalized spacial score (nSPS) is 11.8. The van der Waals surface area contributed by atoms with Crippen molar-refractivity contribution in [2.75, 3.05) is 11.1 Å². The van der Waals surface area contributed by atoms with Gasteiger partial charge in [0.05, 0.1) is 17.0 Å². The number of rotatable bonds is 6. The predicted octanol–water partition coefficient (Wildman–Crippen LogP) is 5.21. The van der Waals surface area contributed by atoms with E-state index >= 15 is 0 Å². The standard InChI is InChI=1S/C22H20F3N5OS/c1-3-30-12-15(14-8-4-7-11-18(14)30)20-27-28-21(29(20)2)32-13-19(31)26-17-10-6-5-9-16(17)22(23,24)25/h4-12H,3,13H2,1-2H3,(H,26,31). The third kappa shape index (κ3) is 4.22. The molecule has 1 amide bonds. The van der Waals surface area contributed by atoms with Crippen LogP contribution in [0.15, 0.2) is 59.9 Å². The summed E-state index contributed by atoms with van der Waals surface area (Å²) in [5.41, 5.74) is 0.862. The first-order valence-electron chi connectivity index (χ1n) is 9.86. The van der Waals surface area contributed by atoms with Gasteiger partial charge in [-0.15, -0.1) is 10.2 Å². The molecule has 2 aromatic carbocycles. The minimum atomic E-state index is -4.55. The number of hydrogen-bond acceptors (Lipinski definition) is 4. The summed E-state index contributed by atoms with van der Waals surface area (Å²) >= 11 is 1.11. The van der Waals surface area contributed by atoms with E-state index < -0.39 is 17.6 Å². The smallest absolute Gasteiger partial charge is 0.347 e. The lowest BCUT2D eigenvalue weighted by Gasteiger charge is -2.13. The maximum absolute atomic E-state index is 13.1. The van der Waals surface area contributed by atoms with Gasteiger partial charge in [-0.3, -0.25) is 4.79 Å². The Hall–Kier alpha value is -3.27. The number of halogens is 3. The van der Waals surface area contributed by atoms with Gasteiger partial charge >= 0.3 is 6.18 Å². The summed E-state index contributed by atoms with van der Waals surface area (Å²) in [5.74, 6) is -0.00733. The number of para-hydroxylation sites is 2. The van der Waals surface area contributed by atoms with Crippen molar-refractivity contribution < 1.29 is 18.0 Å². The number of fused-ring (bicyclic) bond motifs is 1. The molecule has 0 fully saturated rings. The molecular weight excluding hydrogens is 439 g/mol. The van der Waals surface area contributed by atoms with E-state index in [9.17, 15) is 18.0 Å². The number of aromatic nitrogens is 4. The molecule has 0 aliphatic rings. The zero-order valence-corrected chi connectivity index (χ0v) is 18.2. The molecule has 32 heavy (non-hydrogen) atoms. The molecule has 0 aliphatic heterocycles. The fraction of sp³-hybridized carbons (Fsp3) is 0.227. The molecule has 2 aromatic heterocycles. The Morgan fingerprint density at radius 1 is 1.09 bits per heavy atom. The molecule has 0 saturated carbocycles. The zero-order valence-electron chi connectivity index (χ0n) is 17.3. The number of carbonyl (C=O) groups is 1. The van der Waals surface area contributed by atoms with Crippen molar-refractivity contribution in [1.82, 2.24) is 19.3 Å². The highest BCUT2D eigenvalue weighted by atomic mass is 32.2. The summed E-state index contributed by atoms with van der Waals surface area (Å²) in [6.45, 7) is 2.86. The van der Waals surface area contributed by atoms with Gasteiger partial charge in [-0.25, -0.2) is 0 Å².